The van der Waals surface area contributed by atoms with Crippen molar-refractivity contribution < 1.29 is 61.7 Å². The fourth-order valence-electron chi connectivity index (χ4n) is 7.85. The largest absolute Gasteiger partial charge is 0.463 e. The predicted molar refractivity (Wildman–Crippen MR) is 238 cm³/mol. The molecule has 0 spiro atoms. The summed E-state index contributed by atoms with van der Waals surface area (Å²) in [6.45, 7) is 3.30. The van der Waals surface area contributed by atoms with Gasteiger partial charge < -0.3 is 52.1 Å². The molecule has 0 amide bonds. The van der Waals surface area contributed by atoms with Gasteiger partial charge in [0.1, 0.15) is 49.3 Å². The smallest absolute Gasteiger partial charge is 0.303 e. The molecule has 5 aromatic carbocycles. The molecule has 13 heteroatoms. The average molecular weight is 891 g/mol. The van der Waals surface area contributed by atoms with Crippen molar-refractivity contribution >= 4 is 11.9 Å². The first-order chi connectivity index (χ1) is 31.8. The monoisotopic (exact) mass is 890 g/mol. The second-order valence-electron chi connectivity index (χ2n) is 15.8. The van der Waals surface area contributed by atoms with E-state index in [1.165, 1.54) is 13.8 Å². The lowest BCUT2D eigenvalue weighted by Crippen LogP contribution is -2.64. The molecule has 0 aliphatic carbocycles. The number of ether oxygens (including phenoxy) is 11. The highest BCUT2D eigenvalue weighted by molar-refractivity contribution is 5.66. The van der Waals surface area contributed by atoms with Gasteiger partial charge in [-0.05, 0) is 27.8 Å². The van der Waals surface area contributed by atoms with Crippen molar-refractivity contribution in [1.82, 2.24) is 0 Å². The lowest BCUT2D eigenvalue weighted by atomic mass is 9.97. The normalized spacial score (nSPS) is 25.4. The molecule has 0 unspecified atom stereocenters. The second-order valence-corrected chi connectivity index (χ2v) is 15.8. The number of benzene rings is 5. The van der Waals surface area contributed by atoms with E-state index in [4.69, 9.17) is 52.1 Å². The van der Waals surface area contributed by atoms with Gasteiger partial charge in [-0.1, -0.05) is 152 Å². The summed E-state index contributed by atoms with van der Waals surface area (Å²) < 4.78 is 71.0. The molecule has 5 aromatic rings. The van der Waals surface area contributed by atoms with E-state index in [-0.39, 0.29) is 46.2 Å². The van der Waals surface area contributed by atoms with Crippen molar-refractivity contribution in [3.8, 4) is 0 Å². The molecule has 0 saturated carbocycles. The molecular weight excluding hydrogens is 833 g/mol. The zero-order chi connectivity index (χ0) is 45.2. The van der Waals surface area contributed by atoms with Crippen LogP contribution in [0.1, 0.15) is 41.7 Å². The van der Waals surface area contributed by atoms with Crippen LogP contribution in [-0.2, 0) is 94.7 Å². The van der Waals surface area contributed by atoms with Gasteiger partial charge in [-0.15, -0.1) is 0 Å². The third-order valence-electron chi connectivity index (χ3n) is 11.0. The molecular formula is C52H58O13. The van der Waals surface area contributed by atoms with E-state index >= 15 is 0 Å². The molecule has 0 aromatic heterocycles. The summed E-state index contributed by atoms with van der Waals surface area (Å²) in [7, 11) is 1.55. The SMILES string of the molecule is CO[C@H]1O[C@H](CO[C@H]2O[C@H](COC(C)=O)[C@@H](OCc3ccccc3)[C@H](OCc3ccccc3)[C@@H]2OC(C)=O)[C@@H](OCc2ccccc2)[C@H](OCc2ccccc2)[C@@H]1OCc1ccccc1. The number of rotatable bonds is 22. The van der Waals surface area contributed by atoms with Crippen LogP contribution >= 0.6 is 0 Å². The highest BCUT2D eigenvalue weighted by Crippen LogP contribution is 2.34. The minimum Gasteiger partial charge on any atom is -0.463 e. The standard InChI is InChI=1S/C52H58O13/c1-36(53)56-34-43-46(58-30-39-21-11-5-12-22-39)48(60-32-41-25-15-7-16-26-41)50(63-37(2)54)52(65-43)62-35-44-45(57-29-38-19-9-4-10-20-38)47(59-31-40-23-13-6-14-24-40)49(51(55-3)64-44)61-33-42-27-17-8-18-28-42/h4-28,43-52H,29-35H2,1-3H3/t43-,44-,45-,46-,47+,48+,49+,50+,51+,52+/m1/s1. The molecule has 0 N–H and O–H groups in total. The van der Waals surface area contributed by atoms with E-state index in [0.717, 1.165) is 27.8 Å². The third kappa shape index (κ3) is 14.1. The number of hydrogen-bond acceptors (Lipinski definition) is 13. The number of hydrogen-bond donors (Lipinski definition) is 0. The van der Waals surface area contributed by atoms with Crippen molar-refractivity contribution in [2.45, 2.75) is 108 Å². The van der Waals surface area contributed by atoms with E-state index in [9.17, 15) is 9.59 Å². The maximum Gasteiger partial charge on any atom is 0.303 e. The van der Waals surface area contributed by atoms with Crippen LogP contribution in [0.15, 0.2) is 152 Å². The topological polar surface area (TPSA) is 136 Å². The van der Waals surface area contributed by atoms with Crippen molar-refractivity contribution in [1.29, 1.82) is 0 Å². The van der Waals surface area contributed by atoms with Crippen molar-refractivity contribution in [2.24, 2.45) is 0 Å². The summed E-state index contributed by atoms with van der Waals surface area (Å²) in [5, 5.41) is 0. The van der Waals surface area contributed by atoms with Crippen LogP contribution < -0.4 is 0 Å². The Labute approximate surface area is 380 Å². The van der Waals surface area contributed by atoms with E-state index < -0.39 is 73.4 Å². The van der Waals surface area contributed by atoms with Crippen molar-refractivity contribution in [3.05, 3.63) is 179 Å². The summed E-state index contributed by atoms with van der Waals surface area (Å²) in [5.41, 5.74) is 4.61. The Balaban J connectivity index is 1.20. The Hall–Kier alpha value is -5.32. The van der Waals surface area contributed by atoms with E-state index in [0.29, 0.717) is 0 Å². The molecule has 65 heavy (non-hydrogen) atoms. The van der Waals surface area contributed by atoms with Crippen LogP contribution in [-0.4, -0.2) is 93.7 Å². The van der Waals surface area contributed by atoms with Crippen molar-refractivity contribution in [3.63, 3.8) is 0 Å². The first kappa shape index (κ1) is 47.6. The molecule has 2 saturated heterocycles. The van der Waals surface area contributed by atoms with Gasteiger partial charge in [0.05, 0.1) is 39.6 Å². The van der Waals surface area contributed by atoms with E-state index in [1.807, 2.05) is 152 Å². The maximum absolute atomic E-state index is 13.0. The zero-order valence-electron chi connectivity index (χ0n) is 37.0. The van der Waals surface area contributed by atoms with Gasteiger partial charge in [0.2, 0.25) is 0 Å². The molecule has 0 bridgehead atoms. The summed E-state index contributed by atoms with van der Waals surface area (Å²) in [6.07, 6.45) is -9.19. The quantitative estimate of drug-likeness (QED) is 0.0635. The number of carbonyl (C=O) groups excluding carboxylic acids is 2. The number of carbonyl (C=O) groups is 2. The van der Waals surface area contributed by atoms with Crippen molar-refractivity contribution in [2.75, 3.05) is 20.3 Å². The fraction of sp³-hybridized carbons (Fsp3) is 0.385. The van der Waals surface area contributed by atoms with Gasteiger partial charge in [0.25, 0.3) is 0 Å². The Bertz CT molecular complexity index is 2130. The molecule has 344 valence electrons. The Kier molecular flexibility index (Phi) is 18.2. The fourth-order valence-corrected chi connectivity index (χ4v) is 7.85. The van der Waals surface area contributed by atoms with Gasteiger partial charge in [0, 0.05) is 21.0 Å². The molecule has 13 nitrogen and oxygen atoms in total. The summed E-state index contributed by atoms with van der Waals surface area (Å²) in [6, 6.07) is 48.6. The van der Waals surface area contributed by atoms with E-state index in [1.54, 1.807) is 7.11 Å². The summed E-state index contributed by atoms with van der Waals surface area (Å²) in [5.74, 6) is -1.10. The molecule has 7 rings (SSSR count). The highest BCUT2D eigenvalue weighted by Gasteiger charge is 2.53. The number of methoxy groups -OCH3 is 1. The lowest BCUT2D eigenvalue weighted by Gasteiger charge is -2.47. The van der Waals surface area contributed by atoms with Gasteiger partial charge in [-0.2, -0.15) is 0 Å². The van der Waals surface area contributed by atoms with Gasteiger partial charge >= 0.3 is 11.9 Å². The lowest BCUT2D eigenvalue weighted by molar-refractivity contribution is -0.346. The van der Waals surface area contributed by atoms with E-state index in [2.05, 4.69) is 0 Å². The second kappa shape index (κ2) is 24.8. The van der Waals surface area contributed by atoms with Crippen LogP contribution in [0, 0.1) is 0 Å². The number of esters is 2. The first-order valence-electron chi connectivity index (χ1n) is 21.9. The highest BCUT2D eigenvalue weighted by atomic mass is 16.8. The minimum atomic E-state index is -1.26. The van der Waals surface area contributed by atoms with Crippen LogP contribution in [0.25, 0.3) is 0 Å². The van der Waals surface area contributed by atoms with Gasteiger partial charge in [-0.3, -0.25) is 9.59 Å². The molecule has 2 aliphatic rings. The van der Waals surface area contributed by atoms with Crippen LogP contribution in [0.5, 0.6) is 0 Å². The van der Waals surface area contributed by atoms with Crippen LogP contribution in [0.3, 0.4) is 0 Å². The third-order valence-corrected chi connectivity index (χ3v) is 11.0. The summed E-state index contributed by atoms with van der Waals surface area (Å²) >= 11 is 0. The average Bonchev–Trinajstić information content (AvgIpc) is 3.34. The zero-order valence-corrected chi connectivity index (χ0v) is 37.0. The summed E-state index contributed by atoms with van der Waals surface area (Å²) in [4.78, 5) is 25.2. The molecule has 2 heterocycles. The predicted octanol–water partition coefficient (Wildman–Crippen LogP) is 7.52. The van der Waals surface area contributed by atoms with Crippen LogP contribution in [0.2, 0.25) is 0 Å². The molecule has 2 aliphatic heterocycles. The minimum absolute atomic E-state index is 0.142. The Morgan fingerprint density at radius 2 is 0.738 bits per heavy atom. The maximum atomic E-state index is 13.0. The molecule has 2 fully saturated rings. The molecule has 0 radical (unpaired) electrons. The van der Waals surface area contributed by atoms with Crippen LogP contribution in [0.4, 0.5) is 0 Å². The molecule has 10 atom stereocenters. The van der Waals surface area contributed by atoms with Gasteiger partial charge in [-0.25, -0.2) is 0 Å². The van der Waals surface area contributed by atoms with Gasteiger partial charge in [0.15, 0.2) is 18.7 Å². The Morgan fingerprint density at radius 3 is 1.11 bits per heavy atom. The first-order valence-corrected chi connectivity index (χ1v) is 21.9. The Morgan fingerprint density at radius 1 is 0.400 bits per heavy atom.